The summed E-state index contributed by atoms with van der Waals surface area (Å²) in [4.78, 5) is 27.0. The van der Waals surface area contributed by atoms with Crippen molar-refractivity contribution >= 4 is 28.8 Å². The highest BCUT2D eigenvalue weighted by atomic mass is 32.1. The van der Waals surface area contributed by atoms with Crippen LogP contribution in [0.5, 0.6) is 0 Å². The molecule has 3 aromatic rings. The Morgan fingerprint density at radius 3 is 2.60 bits per heavy atom. The highest BCUT2D eigenvalue weighted by molar-refractivity contribution is 7.12. The molecule has 3 aromatic heterocycles. The monoisotopic (exact) mass is 287 g/mol. The van der Waals surface area contributed by atoms with Gasteiger partial charge in [0.15, 0.2) is 5.65 Å². The van der Waals surface area contributed by atoms with Gasteiger partial charge in [-0.3, -0.25) is 9.59 Å². The molecule has 0 aliphatic rings. The summed E-state index contributed by atoms with van der Waals surface area (Å²) < 4.78 is 1.47. The second-order valence-electron chi connectivity index (χ2n) is 4.10. The van der Waals surface area contributed by atoms with E-state index in [-0.39, 0.29) is 5.56 Å². The van der Waals surface area contributed by atoms with Crippen molar-refractivity contribution in [2.24, 2.45) is 11.5 Å². The molecule has 20 heavy (non-hydrogen) atoms. The molecule has 0 saturated heterocycles. The van der Waals surface area contributed by atoms with Gasteiger partial charge < -0.3 is 11.5 Å². The van der Waals surface area contributed by atoms with E-state index in [1.165, 1.54) is 22.2 Å². The summed E-state index contributed by atoms with van der Waals surface area (Å²) >= 11 is 1.24. The summed E-state index contributed by atoms with van der Waals surface area (Å²) in [6, 6.07) is 3.29. The van der Waals surface area contributed by atoms with Crippen LogP contribution in [-0.4, -0.2) is 26.4 Å². The first-order valence-corrected chi connectivity index (χ1v) is 6.46. The molecule has 0 spiro atoms. The lowest BCUT2D eigenvalue weighted by Gasteiger charge is -2.03. The highest BCUT2D eigenvalue weighted by Crippen LogP contribution is 2.27. The molecule has 8 heteroatoms. The van der Waals surface area contributed by atoms with E-state index >= 15 is 0 Å². The minimum atomic E-state index is -0.588. The van der Waals surface area contributed by atoms with Crippen molar-refractivity contribution < 1.29 is 9.59 Å². The van der Waals surface area contributed by atoms with Crippen LogP contribution in [0.15, 0.2) is 30.0 Å². The van der Waals surface area contributed by atoms with E-state index in [1.807, 2.05) is 0 Å². The van der Waals surface area contributed by atoms with E-state index in [1.54, 1.807) is 23.7 Å². The number of carbonyl (C=O) groups excluding carboxylic acids is 2. The molecule has 4 N–H and O–H groups in total. The number of nitrogens with zero attached hydrogens (tertiary/aromatic N) is 3. The zero-order chi connectivity index (χ0) is 14.3. The number of aromatic nitrogens is 3. The Morgan fingerprint density at radius 2 is 1.95 bits per heavy atom. The number of primary amides is 2. The fourth-order valence-corrected chi connectivity index (χ4v) is 2.65. The number of pyridine rings is 1. The molecule has 0 bridgehead atoms. The lowest BCUT2D eigenvalue weighted by Crippen LogP contribution is -2.13. The Balaban J connectivity index is 2.20. The third-order valence-corrected chi connectivity index (χ3v) is 3.76. The standard InChI is InChI=1S/C12H9N5O2S/c13-10(18)8-1-6(3-17-12(8)15-5-16-17)7-2-9(11(14)19)20-4-7/h1-5H,(H2,13,18)(H2,14,19). The molecule has 0 atom stereocenters. The highest BCUT2D eigenvalue weighted by Gasteiger charge is 2.14. The van der Waals surface area contributed by atoms with Gasteiger partial charge in [0.2, 0.25) is 0 Å². The Morgan fingerprint density at radius 1 is 1.15 bits per heavy atom. The number of rotatable bonds is 3. The van der Waals surface area contributed by atoms with Crippen LogP contribution >= 0.6 is 11.3 Å². The summed E-state index contributed by atoms with van der Waals surface area (Å²) in [6.45, 7) is 0. The molecule has 3 rings (SSSR count). The predicted octanol–water partition coefficient (Wildman–Crippen LogP) is 0.656. The van der Waals surface area contributed by atoms with Crippen LogP contribution in [0.2, 0.25) is 0 Å². The Hall–Kier alpha value is -2.74. The van der Waals surface area contributed by atoms with Gasteiger partial charge in [0.25, 0.3) is 11.8 Å². The minimum Gasteiger partial charge on any atom is -0.365 e. The molecular formula is C12H9N5O2S. The summed E-state index contributed by atoms with van der Waals surface area (Å²) in [5, 5.41) is 5.78. The maximum atomic E-state index is 11.5. The van der Waals surface area contributed by atoms with E-state index in [4.69, 9.17) is 11.5 Å². The smallest absolute Gasteiger partial charge is 0.258 e. The van der Waals surface area contributed by atoms with E-state index < -0.39 is 11.8 Å². The number of hydrogen-bond donors (Lipinski definition) is 2. The van der Waals surface area contributed by atoms with Crippen LogP contribution < -0.4 is 11.5 Å². The Kier molecular flexibility index (Phi) is 2.72. The van der Waals surface area contributed by atoms with Crippen molar-refractivity contribution in [1.82, 2.24) is 14.6 Å². The topological polar surface area (TPSA) is 116 Å². The lowest BCUT2D eigenvalue weighted by atomic mass is 10.1. The molecular weight excluding hydrogens is 278 g/mol. The minimum absolute atomic E-state index is 0.270. The van der Waals surface area contributed by atoms with E-state index in [0.29, 0.717) is 16.1 Å². The fraction of sp³-hybridized carbons (Fsp3) is 0. The number of nitrogens with two attached hydrogens (primary N) is 2. The summed E-state index contributed by atoms with van der Waals surface area (Å²) in [7, 11) is 0. The summed E-state index contributed by atoms with van der Waals surface area (Å²) in [5.41, 5.74) is 12.7. The van der Waals surface area contributed by atoms with Crippen molar-refractivity contribution in [1.29, 1.82) is 0 Å². The maximum absolute atomic E-state index is 11.5. The van der Waals surface area contributed by atoms with Crippen LogP contribution in [0.3, 0.4) is 0 Å². The number of amides is 2. The van der Waals surface area contributed by atoms with Crippen LogP contribution in [0.25, 0.3) is 16.8 Å². The van der Waals surface area contributed by atoms with Crippen LogP contribution in [0.4, 0.5) is 0 Å². The molecule has 0 aromatic carbocycles. The lowest BCUT2D eigenvalue weighted by molar-refractivity contribution is 0.0994. The first-order chi connectivity index (χ1) is 9.56. The van der Waals surface area contributed by atoms with Gasteiger partial charge in [0, 0.05) is 11.8 Å². The van der Waals surface area contributed by atoms with Crippen molar-refractivity contribution in [3.05, 3.63) is 40.5 Å². The van der Waals surface area contributed by atoms with Gasteiger partial charge in [-0.2, -0.15) is 5.10 Å². The number of hydrogen-bond acceptors (Lipinski definition) is 5. The fourth-order valence-electron chi connectivity index (χ4n) is 1.88. The van der Waals surface area contributed by atoms with Gasteiger partial charge in [0.1, 0.15) is 6.33 Å². The van der Waals surface area contributed by atoms with Gasteiger partial charge in [0.05, 0.1) is 10.4 Å². The average Bonchev–Trinajstić information content (AvgIpc) is 3.06. The largest absolute Gasteiger partial charge is 0.365 e. The third kappa shape index (κ3) is 1.91. The number of fused-ring (bicyclic) bond motifs is 1. The molecule has 0 aliphatic carbocycles. The zero-order valence-corrected chi connectivity index (χ0v) is 10.9. The summed E-state index contributed by atoms with van der Waals surface area (Å²) in [6.07, 6.45) is 3.05. The molecule has 3 heterocycles. The quantitative estimate of drug-likeness (QED) is 0.735. The van der Waals surface area contributed by atoms with Gasteiger partial charge in [-0.15, -0.1) is 11.3 Å². The Labute approximate surface area is 116 Å². The molecule has 7 nitrogen and oxygen atoms in total. The number of carbonyl (C=O) groups is 2. The van der Waals surface area contributed by atoms with Crippen LogP contribution in [0.1, 0.15) is 20.0 Å². The van der Waals surface area contributed by atoms with Gasteiger partial charge in [-0.05, 0) is 23.1 Å². The Bertz CT molecular complexity index is 835. The van der Waals surface area contributed by atoms with E-state index in [9.17, 15) is 9.59 Å². The van der Waals surface area contributed by atoms with Gasteiger partial charge in [-0.25, -0.2) is 9.50 Å². The normalized spacial score (nSPS) is 10.8. The van der Waals surface area contributed by atoms with Gasteiger partial charge in [-0.1, -0.05) is 0 Å². The summed E-state index contributed by atoms with van der Waals surface area (Å²) in [5.74, 6) is -1.08. The second-order valence-corrected chi connectivity index (χ2v) is 5.01. The van der Waals surface area contributed by atoms with Crippen LogP contribution in [0, 0.1) is 0 Å². The van der Waals surface area contributed by atoms with Gasteiger partial charge >= 0.3 is 0 Å². The van der Waals surface area contributed by atoms with E-state index in [0.717, 1.165) is 5.56 Å². The molecule has 0 unspecified atom stereocenters. The second kappa shape index (κ2) is 4.42. The van der Waals surface area contributed by atoms with E-state index in [2.05, 4.69) is 10.1 Å². The van der Waals surface area contributed by atoms with Crippen molar-refractivity contribution in [2.75, 3.05) is 0 Å². The first-order valence-electron chi connectivity index (χ1n) is 5.58. The molecule has 0 aliphatic heterocycles. The maximum Gasteiger partial charge on any atom is 0.258 e. The predicted molar refractivity (Wildman–Crippen MR) is 73.3 cm³/mol. The van der Waals surface area contributed by atoms with Crippen molar-refractivity contribution in [3.63, 3.8) is 0 Å². The molecule has 0 saturated carbocycles. The van der Waals surface area contributed by atoms with Crippen LogP contribution in [-0.2, 0) is 0 Å². The van der Waals surface area contributed by atoms with Crippen molar-refractivity contribution in [3.8, 4) is 11.1 Å². The average molecular weight is 287 g/mol. The molecule has 100 valence electrons. The number of thiophene rings is 1. The SMILES string of the molecule is NC(=O)c1cc(-c2cc(C(N)=O)c3ncnn3c2)cs1. The molecule has 0 fully saturated rings. The van der Waals surface area contributed by atoms with Crippen molar-refractivity contribution in [2.45, 2.75) is 0 Å². The zero-order valence-electron chi connectivity index (χ0n) is 10.1. The molecule has 0 radical (unpaired) electrons. The first kappa shape index (κ1) is 12.3. The molecule has 2 amide bonds. The third-order valence-electron chi connectivity index (χ3n) is 2.82.